The number of halogens is 2. The fourth-order valence-electron chi connectivity index (χ4n) is 2.13. The molecule has 2 aromatic rings. The van der Waals surface area contributed by atoms with Crippen molar-refractivity contribution in [3.05, 3.63) is 45.2 Å². The van der Waals surface area contributed by atoms with Crippen LogP contribution in [-0.4, -0.2) is 41.8 Å². The van der Waals surface area contributed by atoms with E-state index in [2.05, 4.69) is 28.7 Å². The summed E-state index contributed by atoms with van der Waals surface area (Å²) in [6.07, 6.45) is 7.96. The van der Waals surface area contributed by atoms with E-state index in [9.17, 15) is 9.18 Å². The molecule has 0 bridgehead atoms. The highest BCUT2D eigenvalue weighted by atomic mass is 35.5. The average Bonchev–Trinajstić information content (AvgIpc) is 2.56. The highest BCUT2D eigenvalue weighted by molar-refractivity contribution is 8.34. The number of carbonyl (C=O) groups excluding carboxylic acids is 1. The van der Waals surface area contributed by atoms with Gasteiger partial charge in [0.05, 0.1) is 18.2 Å². The first kappa shape index (κ1) is 20.2. The molecule has 0 atom stereocenters. The first-order chi connectivity index (χ1) is 12.0. The van der Waals surface area contributed by atoms with Crippen LogP contribution in [0.3, 0.4) is 0 Å². The average molecular weight is 398 g/mol. The first-order valence-electron chi connectivity index (χ1n) is 7.62. The third kappa shape index (κ3) is 4.34. The molecule has 0 aliphatic rings. The lowest BCUT2D eigenvalue weighted by Crippen LogP contribution is -2.12. The van der Waals surface area contributed by atoms with Gasteiger partial charge in [0.25, 0.3) is 0 Å². The molecule has 26 heavy (non-hydrogen) atoms. The molecule has 1 aromatic carbocycles. The Morgan fingerprint density at radius 1 is 1.31 bits per heavy atom. The summed E-state index contributed by atoms with van der Waals surface area (Å²) in [5.74, 6) is -1.16. The van der Waals surface area contributed by atoms with Crippen LogP contribution in [-0.2, 0) is 4.74 Å². The number of methoxy groups -OCH3 is 1. The minimum Gasteiger partial charge on any atom is -0.464 e. The van der Waals surface area contributed by atoms with Gasteiger partial charge in [-0.05, 0) is 49.3 Å². The Balaban J connectivity index is 2.69. The zero-order valence-electron chi connectivity index (χ0n) is 15.3. The van der Waals surface area contributed by atoms with Crippen LogP contribution in [0.2, 0.25) is 5.02 Å². The van der Waals surface area contributed by atoms with Gasteiger partial charge in [-0.25, -0.2) is 29.2 Å². The number of rotatable bonds is 4. The number of anilines is 1. The predicted octanol–water partition coefficient (Wildman–Crippen LogP) is 4.28. The van der Waals surface area contributed by atoms with Gasteiger partial charge in [-0.1, -0.05) is 11.6 Å². The molecular formula is C18H21ClFN3O2S. The summed E-state index contributed by atoms with van der Waals surface area (Å²) in [6.45, 7) is 1.55. The minimum atomic E-state index is -0.986. The van der Waals surface area contributed by atoms with Crippen molar-refractivity contribution in [3.8, 4) is 11.4 Å². The Kier molecular flexibility index (Phi) is 5.93. The second-order valence-electron chi connectivity index (χ2n) is 6.45. The Morgan fingerprint density at radius 3 is 2.54 bits per heavy atom. The molecule has 0 saturated heterocycles. The van der Waals surface area contributed by atoms with Crippen LogP contribution < -0.4 is 5.73 Å². The van der Waals surface area contributed by atoms with Crippen molar-refractivity contribution in [2.75, 3.05) is 31.6 Å². The second-order valence-corrected chi connectivity index (χ2v) is 11.0. The largest absolute Gasteiger partial charge is 0.464 e. The lowest BCUT2D eigenvalue weighted by atomic mass is 10.1. The van der Waals surface area contributed by atoms with E-state index in [1.807, 2.05) is 5.41 Å². The lowest BCUT2D eigenvalue weighted by molar-refractivity contribution is 0.0593. The quantitative estimate of drug-likeness (QED) is 0.779. The molecule has 0 fully saturated rings. The molecule has 0 amide bonds. The van der Waals surface area contributed by atoms with E-state index in [1.54, 1.807) is 19.1 Å². The number of nitrogens with zero attached hydrogens (tertiary/aromatic N) is 2. The maximum absolute atomic E-state index is 14.6. The van der Waals surface area contributed by atoms with Crippen LogP contribution in [0.25, 0.3) is 17.5 Å². The van der Waals surface area contributed by atoms with E-state index >= 15 is 0 Å². The first-order valence-corrected chi connectivity index (χ1v) is 10.9. The Labute approximate surface area is 158 Å². The summed E-state index contributed by atoms with van der Waals surface area (Å²) in [7, 11) is 0.260. The van der Waals surface area contributed by atoms with E-state index in [1.165, 1.54) is 13.2 Å². The molecule has 1 aromatic heterocycles. The molecule has 2 N–H and O–H groups in total. The summed E-state index contributed by atoms with van der Waals surface area (Å²) >= 11 is 5.93. The fraction of sp³-hybridized carbons (Fsp3) is 0.278. The fourth-order valence-corrected chi connectivity index (χ4v) is 2.82. The van der Waals surface area contributed by atoms with Gasteiger partial charge in [0.2, 0.25) is 0 Å². The van der Waals surface area contributed by atoms with Gasteiger partial charge in [0.15, 0.2) is 11.5 Å². The number of hydrogen-bond acceptors (Lipinski definition) is 5. The van der Waals surface area contributed by atoms with Crippen molar-refractivity contribution in [3.63, 3.8) is 0 Å². The Bertz CT molecular complexity index is 895. The number of nitrogens with two attached hydrogens (primary N) is 1. The molecule has 8 heteroatoms. The van der Waals surface area contributed by atoms with Gasteiger partial charge < -0.3 is 10.5 Å². The van der Waals surface area contributed by atoms with Crippen LogP contribution in [0, 0.1) is 12.7 Å². The van der Waals surface area contributed by atoms with Crippen molar-refractivity contribution in [1.82, 2.24) is 9.97 Å². The van der Waals surface area contributed by atoms with Crippen molar-refractivity contribution >= 4 is 39.5 Å². The number of carbonyl (C=O) groups is 1. The summed E-state index contributed by atoms with van der Waals surface area (Å²) < 4.78 is 19.4. The van der Waals surface area contributed by atoms with E-state index in [0.717, 1.165) is 0 Å². The normalized spacial score (nSPS) is 12.4. The molecule has 0 radical (unpaired) electrons. The molecule has 140 valence electrons. The molecular weight excluding hydrogens is 377 g/mol. The van der Waals surface area contributed by atoms with Gasteiger partial charge in [-0.3, -0.25) is 0 Å². The Hall–Kier alpha value is -2.12. The maximum Gasteiger partial charge on any atom is 0.357 e. The smallest absolute Gasteiger partial charge is 0.357 e. The van der Waals surface area contributed by atoms with Crippen molar-refractivity contribution in [2.24, 2.45) is 0 Å². The number of benzene rings is 1. The minimum absolute atomic E-state index is 0.000391. The monoisotopic (exact) mass is 397 g/mol. The molecule has 2 rings (SSSR count). The number of aromatic nitrogens is 2. The van der Waals surface area contributed by atoms with Gasteiger partial charge >= 0.3 is 5.97 Å². The maximum atomic E-state index is 14.6. The molecule has 1 heterocycles. The zero-order valence-corrected chi connectivity index (χ0v) is 16.8. The van der Waals surface area contributed by atoms with Crippen LogP contribution in [0.15, 0.2) is 17.5 Å². The highest BCUT2D eigenvalue weighted by Crippen LogP contribution is 2.38. The predicted molar refractivity (Wildman–Crippen MR) is 107 cm³/mol. The SMILES string of the molecule is COC(=O)c1nc(-c2ccc(Cl)c(C)c2F)nc(N)c1/C=C/S(C)(C)C. The third-order valence-corrected chi connectivity index (χ3v) is 4.92. The number of nitrogen functional groups attached to an aromatic ring is 1. The van der Waals surface area contributed by atoms with Crippen molar-refractivity contribution in [2.45, 2.75) is 6.92 Å². The van der Waals surface area contributed by atoms with Crippen LogP contribution in [0.1, 0.15) is 21.6 Å². The summed E-state index contributed by atoms with van der Waals surface area (Å²) in [4.78, 5) is 20.6. The topological polar surface area (TPSA) is 78.1 Å². The van der Waals surface area contributed by atoms with E-state index in [-0.39, 0.29) is 28.5 Å². The third-order valence-electron chi connectivity index (χ3n) is 3.56. The summed E-state index contributed by atoms with van der Waals surface area (Å²) in [6, 6.07) is 3.00. The number of ether oxygens (including phenoxy) is 1. The number of hydrogen-bond donors (Lipinski definition) is 1. The molecule has 0 aliphatic heterocycles. The van der Waals surface area contributed by atoms with Crippen LogP contribution in [0.4, 0.5) is 10.2 Å². The van der Waals surface area contributed by atoms with Crippen molar-refractivity contribution in [1.29, 1.82) is 0 Å². The standard InChI is InChI=1S/C18H21ClFN3O2S/c1-10-13(19)7-6-11(14(10)20)17-22-15(18(24)25-2)12(16(21)23-17)8-9-26(3,4)5/h6-9H,1-5H3,(H2,21,22,23)/b9-8+. The second kappa shape index (κ2) is 7.63. The number of esters is 1. The Morgan fingerprint density at radius 2 is 1.96 bits per heavy atom. The zero-order chi connectivity index (χ0) is 19.6. The van der Waals surface area contributed by atoms with E-state index in [0.29, 0.717) is 10.6 Å². The molecule has 5 nitrogen and oxygen atoms in total. The van der Waals surface area contributed by atoms with E-state index in [4.69, 9.17) is 22.1 Å². The van der Waals surface area contributed by atoms with Gasteiger partial charge in [-0.15, -0.1) is 0 Å². The van der Waals surface area contributed by atoms with E-state index < -0.39 is 21.8 Å². The molecule has 0 saturated carbocycles. The van der Waals surface area contributed by atoms with Crippen LogP contribution in [0.5, 0.6) is 0 Å². The van der Waals surface area contributed by atoms with Gasteiger partial charge in [-0.2, -0.15) is 0 Å². The van der Waals surface area contributed by atoms with Crippen LogP contribution >= 0.6 is 21.6 Å². The van der Waals surface area contributed by atoms with Gasteiger partial charge in [0, 0.05) is 10.6 Å². The highest BCUT2D eigenvalue weighted by Gasteiger charge is 2.21. The van der Waals surface area contributed by atoms with Crippen molar-refractivity contribution < 1.29 is 13.9 Å². The summed E-state index contributed by atoms with van der Waals surface area (Å²) in [5, 5.41) is 2.25. The van der Waals surface area contributed by atoms with Gasteiger partial charge in [0.1, 0.15) is 11.6 Å². The molecule has 0 unspecified atom stereocenters. The summed E-state index contributed by atoms with van der Waals surface area (Å²) in [5.41, 5.74) is 6.78. The molecule has 0 aliphatic carbocycles. The lowest BCUT2D eigenvalue weighted by Gasteiger charge is -2.19. The molecule has 0 spiro atoms.